The first-order chi connectivity index (χ1) is 0. The van der Waals surface area contributed by atoms with E-state index >= 15 is 0 Å². The molecule has 0 radical (unpaired) electrons. The van der Waals surface area contributed by atoms with Gasteiger partial charge in [-0.25, -0.2) is 0 Å². The molecular formula is He4. The Morgan fingerprint density at radius 1 is 0.250 bits per heavy atom. The van der Waals surface area contributed by atoms with E-state index in [0.717, 1.165) is 0 Å². The zero-order valence-electron chi connectivity index (χ0n) is 2.83. The summed E-state index contributed by atoms with van der Waals surface area (Å²) in [5, 5.41) is 0. The second-order valence-corrected chi connectivity index (χ2v) is 0. The second-order valence-electron chi connectivity index (χ2n) is 0. The smallest absolute Gasteiger partial charge is 0 e. The standard InChI is InChI=1S/4He. The van der Waals surface area contributed by atoms with Crippen molar-refractivity contribution in [2.45, 2.75) is 0 Å². The normalized spacial score (nSPS) is 0. The van der Waals surface area contributed by atoms with Gasteiger partial charge in [0.15, 0.2) is 0 Å². The topological polar surface area (TPSA) is 0 Å². The van der Waals surface area contributed by atoms with Crippen molar-refractivity contribution < 1.29 is 24.6 Å². The molecule has 0 saturated heterocycles. The van der Waals surface area contributed by atoms with Crippen LogP contribution in [0.1, 0.15) is 0 Å². The van der Waals surface area contributed by atoms with Gasteiger partial charge in [-0.2, -0.15) is 0 Å². The zero-order valence-corrected chi connectivity index (χ0v) is 2.83. The van der Waals surface area contributed by atoms with Crippen LogP contribution >= 0.6 is 0 Å². The molecule has 0 atom stereocenters. The van der Waals surface area contributed by atoms with Crippen LogP contribution in [0.3, 0.4) is 0 Å². The molecule has 0 bridgehead atoms. The predicted octanol–water partition coefficient (Wildman–Crippen LogP) is 0. The first kappa shape index (κ1) is 191. The van der Waals surface area contributed by atoms with Crippen LogP contribution in [0.2, 0.25) is 0 Å². The van der Waals surface area contributed by atoms with Gasteiger partial charge in [0.25, 0.3) is 0 Å². The van der Waals surface area contributed by atoms with Crippen LogP contribution in [0.5, 0.6) is 0 Å². The Hall–Kier alpha value is -0.364. The van der Waals surface area contributed by atoms with Gasteiger partial charge in [0, 0.05) is 24.6 Å². The monoisotopic (exact) mass is 16.0 g/mol. The summed E-state index contributed by atoms with van der Waals surface area (Å²) in [7, 11) is 0. The van der Waals surface area contributed by atoms with Crippen molar-refractivity contribution in [3.05, 3.63) is 0 Å². The molecule has 0 aliphatic rings. The Morgan fingerprint density at radius 2 is 0.250 bits per heavy atom. The van der Waals surface area contributed by atoms with E-state index in [0.29, 0.717) is 0 Å². The molecule has 0 amide bonds. The van der Waals surface area contributed by atoms with Crippen LogP contribution in [0.15, 0.2) is 0 Å². The van der Waals surface area contributed by atoms with Gasteiger partial charge >= 0.3 is 0 Å². The van der Waals surface area contributed by atoms with Crippen molar-refractivity contribution >= 4 is 0 Å². The van der Waals surface area contributed by atoms with Crippen LogP contribution in [0.4, 0.5) is 0 Å². The summed E-state index contributed by atoms with van der Waals surface area (Å²) in [6.45, 7) is 0. The van der Waals surface area contributed by atoms with Crippen molar-refractivity contribution in [1.29, 1.82) is 0 Å². The maximum atomic E-state index is 0. The minimum Gasteiger partial charge on any atom is 0 e. The molecule has 0 aromatic heterocycles. The third kappa shape index (κ3) is 5.01. The van der Waals surface area contributed by atoms with Crippen LogP contribution in [-0.2, 0) is 0 Å². The molecule has 0 saturated carbocycles. The Balaban J connectivity index is 0. The molecule has 0 heterocycles. The molecule has 8 valence electrons. The summed E-state index contributed by atoms with van der Waals surface area (Å²) in [4.78, 5) is 0. The summed E-state index contributed by atoms with van der Waals surface area (Å²) in [6, 6.07) is 0. The number of hydrogen-bond acceptors (Lipinski definition) is 0. The van der Waals surface area contributed by atoms with E-state index in [1.54, 1.807) is 0 Å². The minimum atomic E-state index is 0. The molecule has 0 aromatic rings. The van der Waals surface area contributed by atoms with Crippen molar-refractivity contribution in [2.75, 3.05) is 0 Å². The molecule has 0 rings (SSSR count). The fourth-order valence-electron chi connectivity index (χ4n) is 0. The van der Waals surface area contributed by atoms with E-state index in [9.17, 15) is 0 Å². The van der Waals surface area contributed by atoms with Crippen molar-refractivity contribution in [3.63, 3.8) is 0 Å². The fraction of sp³-hybridized carbons (Fsp3) is 0. The molecule has 0 aliphatic heterocycles. The van der Waals surface area contributed by atoms with E-state index in [-0.39, 0.29) is 24.6 Å². The van der Waals surface area contributed by atoms with Gasteiger partial charge in [0.05, 0.1) is 0 Å². The van der Waals surface area contributed by atoms with E-state index < -0.39 is 0 Å². The average Bonchev–Trinajstić information content (AvgIpc) is 0. The molecular weight excluding hydrogens is 16.0 g/mol. The summed E-state index contributed by atoms with van der Waals surface area (Å²) in [5.41, 5.74) is 0. The molecule has 0 unspecified atom stereocenters. The maximum absolute atomic E-state index is 0. The van der Waals surface area contributed by atoms with Gasteiger partial charge in [0.1, 0.15) is 0 Å². The maximum Gasteiger partial charge on any atom is 0 e. The number of hydrogen-bond donors (Lipinski definition) is 0. The summed E-state index contributed by atoms with van der Waals surface area (Å²) >= 11 is 0. The Bertz CT molecular complexity index is 0. The zero-order chi connectivity index (χ0) is 0. The fourth-order valence-corrected chi connectivity index (χ4v) is 0. The SMILES string of the molecule is [He].[He].[He].[He]. The van der Waals surface area contributed by atoms with Gasteiger partial charge in [-0.05, 0) is 0 Å². The van der Waals surface area contributed by atoms with Crippen molar-refractivity contribution in [3.8, 4) is 0 Å². The largest absolute Gasteiger partial charge is 0 e. The summed E-state index contributed by atoms with van der Waals surface area (Å²) in [6.07, 6.45) is 0. The predicted molar refractivity (Wildman–Crippen MR) is 0 cm³/mol. The van der Waals surface area contributed by atoms with Crippen LogP contribution in [0.25, 0.3) is 0 Å². The van der Waals surface area contributed by atoms with E-state index in [2.05, 4.69) is 0 Å². The van der Waals surface area contributed by atoms with Gasteiger partial charge in [-0.15, -0.1) is 0 Å². The van der Waals surface area contributed by atoms with Gasteiger partial charge in [-0.1, -0.05) is 0 Å². The summed E-state index contributed by atoms with van der Waals surface area (Å²) < 4.78 is 0. The molecule has 4 heteroatoms. The first-order valence-electron chi connectivity index (χ1n) is 0. The third-order valence-corrected chi connectivity index (χ3v) is 0. The van der Waals surface area contributed by atoms with Crippen molar-refractivity contribution in [1.82, 2.24) is 0 Å². The summed E-state index contributed by atoms with van der Waals surface area (Å²) in [5.74, 6) is 0. The molecule has 0 aliphatic carbocycles. The van der Waals surface area contributed by atoms with Crippen LogP contribution in [0, 0.1) is 24.6 Å². The number of rotatable bonds is 0. The van der Waals surface area contributed by atoms with Gasteiger partial charge < -0.3 is 0 Å². The third-order valence-electron chi connectivity index (χ3n) is 0. The Labute approximate surface area is 25.9 Å². The quantitative estimate of drug-likeness (QED) is 0.345. The minimum absolute atomic E-state index is 0. The van der Waals surface area contributed by atoms with E-state index in [1.807, 2.05) is 0 Å². The molecule has 0 nitrogen and oxygen atoms in total. The van der Waals surface area contributed by atoms with Crippen LogP contribution in [-0.4, -0.2) is 0 Å². The Kier molecular flexibility index (Phi) is 2550. The second kappa shape index (κ2) is 53.4. The van der Waals surface area contributed by atoms with Crippen LogP contribution < -0.4 is 0 Å². The Morgan fingerprint density at radius 3 is 0.250 bits per heavy atom. The average molecular weight is 16.0 g/mol. The van der Waals surface area contributed by atoms with Gasteiger partial charge in [0.2, 0.25) is 0 Å². The van der Waals surface area contributed by atoms with E-state index in [4.69, 9.17) is 0 Å². The first-order valence-corrected chi connectivity index (χ1v) is 0. The molecule has 0 N–H and O–H groups in total. The van der Waals surface area contributed by atoms with Crippen molar-refractivity contribution in [2.24, 2.45) is 0 Å². The molecule has 0 aromatic carbocycles. The molecule has 0 spiro atoms. The van der Waals surface area contributed by atoms with E-state index in [1.165, 1.54) is 0 Å². The molecule has 4 heavy (non-hydrogen) atoms. The van der Waals surface area contributed by atoms with Gasteiger partial charge in [-0.3, -0.25) is 0 Å². The molecule has 0 fully saturated rings.